The van der Waals surface area contributed by atoms with Crippen molar-refractivity contribution in [3.8, 4) is 0 Å². The van der Waals surface area contributed by atoms with E-state index in [1.54, 1.807) is 0 Å². The molecule has 0 bridgehead atoms. The number of hydrogen-bond acceptors (Lipinski definition) is 7. The van der Waals surface area contributed by atoms with Gasteiger partial charge in [0.1, 0.15) is 0 Å². The van der Waals surface area contributed by atoms with Crippen molar-refractivity contribution in [2.45, 2.75) is 0 Å². The first-order valence-corrected chi connectivity index (χ1v) is 17.1. The van der Waals surface area contributed by atoms with Gasteiger partial charge in [-0.1, -0.05) is 91.0 Å². The number of benzene rings is 3. The maximum absolute atomic E-state index is 13.6. The van der Waals surface area contributed by atoms with Crippen LogP contribution in [0, 0.1) is 0 Å². The van der Waals surface area contributed by atoms with E-state index < -0.39 is 30.0 Å². The Balaban J connectivity index is 2.22. The normalized spacial score (nSPS) is 23.7. The van der Waals surface area contributed by atoms with Gasteiger partial charge < -0.3 is 18.1 Å². The third-order valence-electron chi connectivity index (χ3n) is 5.34. The molecule has 35 heavy (non-hydrogen) atoms. The van der Waals surface area contributed by atoms with Crippen LogP contribution < -0.4 is 20.8 Å². The van der Waals surface area contributed by atoms with Gasteiger partial charge in [-0.2, -0.15) is 4.52 Å². The molecule has 2 atom stereocenters. The third kappa shape index (κ3) is 5.12. The van der Waals surface area contributed by atoms with Crippen LogP contribution in [0.15, 0.2) is 105 Å². The van der Waals surface area contributed by atoms with Crippen LogP contribution in [0.2, 0.25) is 0 Å². The lowest BCUT2D eigenvalue weighted by Gasteiger charge is -2.34. The number of hydrogen-bond donors (Lipinski definition) is 1. The van der Waals surface area contributed by atoms with Crippen LogP contribution in [0.3, 0.4) is 0 Å². The van der Waals surface area contributed by atoms with E-state index >= 15 is 0 Å². The van der Waals surface area contributed by atoms with Crippen molar-refractivity contribution in [2.75, 3.05) is 28.4 Å². The summed E-state index contributed by atoms with van der Waals surface area (Å²) in [6.07, 6.45) is 0. The minimum Gasteiger partial charge on any atom is -0.319 e. The van der Waals surface area contributed by atoms with E-state index in [0.717, 1.165) is 15.9 Å². The van der Waals surface area contributed by atoms with Gasteiger partial charge in [-0.3, -0.25) is 0 Å². The molecule has 3 aromatic carbocycles. The molecule has 0 radical (unpaired) electrons. The van der Waals surface area contributed by atoms with Gasteiger partial charge in [-0.25, -0.2) is 9.08 Å². The van der Waals surface area contributed by atoms with Crippen molar-refractivity contribution >= 4 is 45.9 Å². The molecule has 0 amide bonds. The van der Waals surface area contributed by atoms with Gasteiger partial charge in [-0.05, 0) is 0 Å². The maximum atomic E-state index is 13.6. The van der Waals surface area contributed by atoms with E-state index in [-0.39, 0.29) is 0 Å². The predicted octanol–water partition coefficient (Wildman–Crippen LogP) is 6.35. The fourth-order valence-corrected chi connectivity index (χ4v) is 18.2. The number of nitrogens with zero attached hydrogens (tertiary/aromatic N) is 3. The largest absolute Gasteiger partial charge is 0.398 e. The molecule has 13 heteroatoms. The Kier molecular flexibility index (Phi) is 8.15. The standard InChI is InChI=1S/C22H28N4O5P4/c1-28-33(24-34(27,29-2)26-35(25-33,30-3)31-4)23-32(20-14-8-5-9-15-20,21-16-10-6-11-17-21)22-18-12-7-13-19-22/h5-19H,1-4H3,(H,24,27)/t33-,34+/m1/s1. The summed E-state index contributed by atoms with van der Waals surface area (Å²) in [7, 11) is -7.73. The van der Waals surface area contributed by atoms with E-state index in [1.807, 2.05) is 91.0 Å². The second-order valence-electron chi connectivity index (χ2n) is 7.30. The van der Waals surface area contributed by atoms with Gasteiger partial charge in [-0.15, -0.1) is 9.37 Å². The molecule has 0 fully saturated rings. The molecule has 186 valence electrons. The minimum absolute atomic E-state index is 0.986. The van der Waals surface area contributed by atoms with Crippen LogP contribution in [0.4, 0.5) is 0 Å². The average molecular weight is 552 g/mol. The highest BCUT2D eigenvalue weighted by Gasteiger charge is 2.45. The van der Waals surface area contributed by atoms with E-state index in [2.05, 4.69) is 9.37 Å². The van der Waals surface area contributed by atoms with Gasteiger partial charge in [0.15, 0.2) is 0 Å². The second kappa shape index (κ2) is 10.8. The van der Waals surface area contributed by atoms with E-state index in [0.29, 0.717) is 0 Å². The number of nitrogens with one attached hydrogen (secondary N) is 1. The van der Waals surface area contributed by atoms with Crippen LogP contribution in [0.5, 0.6) is 0 Å². The zero-order valence-electron chi connectivity index (χ0n) is 19.8. The second-order valence-corrected chi connectivity index (χ2v) is 17.6. The van der Waals surface area contributed by atoms with Gasteiger partial charge >= 0.3 is 15.3 Å². The molecular formula is C22H28N4O5P4. The van der Waals surface area contributed by atoms with Crippen LogP contribution in [-0.2, 0) is 22.7 Å². The van der Waals surface area contributed by atoms with Crippen molar-refractivity contribution in [3.05, 3.63) is 91.0 Å². The monoisotopic (exact) mass is 552 g/mol. The van der Waals surface area contributed by atoms with Crippen molar-refractivity contribution in [2.24, 2.45) is 13.5 Å². The molecule has 0 aromatic heterocycles. The highest BCUT2D eigenvalue weighted by molar-refractivity contribution is 7.93. The molecule has 3 aromatic rings. The topological polar surface area (TPSA) is 103 Å². The summed E-state index contributed by atoms with van der Waals surface area (Å²) in [5, 5.41) is 2.96. The smallest absolute Gasteiger partial charge is 0.319 e. The summed E-state index contributed by atoms with van der Waals surface area (Å²) in [6.45, 7) is 0. The van der Waals surface area contributed by atoms with Crippen molar-refractivity contribution in [3.63, 3.8) is 0 Å². The van der Waals surface area contributed by atoms with E-state index in [1.165, 1.54) is 28.4 Å². The van der Waals surface area contributed by atoms with Gasteiger partial charge in [0.05, 0.1) is 7.05 Å². The highest BCUT2D eigenvalue weighted by atomic mass is 31.3. The molecule has 1 N–H and O–H groups in total. The lowest BCUT2D eigenvalue weighted by molar-refractivity contribution is 0.324. The van der Waals surface area contributed by atoms with Gasteiger partial charge in [0, 0.05) is 44.4 Å². The summed E-state index contributed by atoms with van der Waals surface area (Å²) in [5.41, 5.74) is 0. The first-order valence-electron chi connectivity index (χ1n) is 10.6. The third-order valence-corrected chi connectivity index (χ3v) is 18.3. The van der Waals surface area contributed by atoms with Crippen molar-refractivity contribution < 1.29 is 22.7 Å². The fourth-order valence-electron chi connectivity index (χ4n) is 3.69. The first kappa shape index (κ1) is 26.4. The summed E-state index contributed by atoms with van der Waals surface area (Å²) in [6, 6.07) is 30.0. The van der Waals surface area contributed by atoms with E-state index in [9.17, 15) is 4.57 Å². The lowest BCUT2D eigenvalue weighted by atomic mass is 10.4. The Morgan fingerprint density at radius 3 is 1.43 bits per heavy atom. The first-order chi connectivity index (χ1) is 16.9. The molecule has 1 aliphatic heterocycles. The molecule has 9 nitrogen and oxygen atoms in total. The number of rotatable bonds is 8. The van der Waals surface area contributed by atoms with E-state index in [4.69, 9.17) is 27.1 Å². The molecule has 0 saturated heterocycles. The van der Waals surface area contributed by atoms with Gasteiger partial charge in [0.2, 0.25) is 0 Å². The zero-order chi connectivity index (χ0) is 25.0. The predicted molar refractivity (Wildman–Crippen MR) is 145 cm³/mol. The van der Waals surface area contributed by atoms with Crippen LogP contribution in [0.1, 0.15) is 0 Å². The molecule has 0 aliphatic carbocycles. The maximum Gasteiger partial charge on any atom is 0.398 e. The highest BCUT2D eigenvalue weighted by Crippen LogP contribution is 2.78. The Labute approximate surface area is 206 Å². The lowest BCUT2D eigenvalue weighted by Crippen LogP contribution is -2.26. The van der Waals surface area contributed by atoms with Crippen LogP contribution >= 0.6 is 30.0 Å². The molecule has 1 heterocycles. The molecule has 4 rings (SSSR count). The van der Waals surface area contributed by atoms with Crippen molar-refractivity contribution in [1.82, 2.24) is 4.86 Å². The summed E-state index contributed by atoms with van der Waals surface area (Å²) in [4.78, 5) is 2.95. The minimum atomic E-state index is -3.82. The summed E-state index contributed by atoms with van der Waals surface area (Å²) in [5.74, 6) is 0. The van der Waals surface area contributed by atoms with Crippen LogP contribution in [-0.4, -0.2) is 28.4 Å². The average Bonchev–Trinajstić information content (AvgIpc) is 2.93. The molecule has 0 unspecified atom stereocenters. The molecule has 0 spiro atoms. The van der Waals surface area contributed by atoms with Gasteiger partial charge in [0.25, 0.3) is 7.58 Å². The molecule has 1 aliphatic rings. The molecular weight excluding hydrogens is 524 g/mol. The van der Waals surface area contributed by atoms with Crippen LogP contribution in [0.25, 0.3) is 0 Å². The Morgan fingerprint density at radius 1 is 0.657 bits per heavy atom. The van der Waals surface area contributed by atoms with Crippen molar-refractivity contribution in [1.29, 1.82) is 0 Å². The Morgan fingerprint density at radius 2 is 1.09 bits per heavy atom. The summed E-state index contributed by atoms with van der Waals surface area (Å²) >= 11 is 0. The molecule has 0 saturated carbocycles. The summed E-state index contributed by atoms with van der Waals surface area (Å²) < 4.78 is 50.5. The Hall–Kier alpha value is -1.62. The quantitative estimate of drug-likeness (QED) is 0.327. The SMILES string of the molecule is COP1(OC)=N[P@@](=O)(OC)N[P@@](N=P(c2ccccc2)(c2ccccc2)c2ccccc2)(OC)=N1. The zero-order valence-corrected chi connectivity index (χ0v) is 23.4. The fraction of sp³-hybridized carbons (Fsp3) is 0.182. The Bertz CT molecular complexity index is 1270.